The Balaban J connectivity index is 2.27. The molecule has 0 saturated carbocycles. The van der Waals surface area contributed by atoms with E-state index in [-0.39, 0.29) is 4.92 Å². The van der Waals surface area contributed by atoms with Gasteiger partial charge in [-0.05, 0) is 11.1 Å². The third kappa shape index (κ3) is 1.07. The van der Waals surface area contributed by atoms with Crippen LogP contribution in [-0.4, -0.2) is 11.0 Å². The van der Waals surface area contributed by atoms with Gasteiger partial charge in [-0.15, -0.1) is 0 Å². The van der Waals surface area contributed by atoms with Gasteiger partial charge in [0.05, 0.1) is 6.42 Å². The molecule has 0 bridgehead atoms. The van der Waals surface area contributed by atoms with Crippen molar-refractivity contribution in [3.05, 3.63) is 51.9 Å². The zero-order valence-electron chi connectivity index (χ0n) is 6.36. The number of benzene rings is 1. The fourth-order valence-corrected chi connectivity index (χ4v) is 1.41. The van der Waals surface area contributed by atoms with Crippen LogP contribution in [0.2, 0.25) is 0 Å². The van der Waals surface area contributed by atoms with Crippen LogP contribution in [0.3, 0.4) is 0 Å². The Morgan fingerprint density at radius 2 is 2.25 bits per heavy atom. The summed E-state index contributed by atoms with van der Waals surface area (Å²) >= 11 is 0. The van der Waals surface area contributed by atoms with Crippen LogP contribution in [0.1, 0.15) is 11.1 Å². The SMILES string of the molecule is O=[N+]([O-])C1[C]c2ccccc2C1. The van der Waals surface area contributed by atoms with Gasteiger partial charge in [0.1, 0.15) is 0 Å². The largest absolute Gasteiger partial charge is 0.264 e. The minimum absolute atomic E-state index is 0.292. The second-order valence-electron chi connectivity index (χ2n) is 2.81. The minimum atomic E-state index is -0.637. The molecule has 1 unspecified atom stereocenters. The van der Waals surface area contributed by atoms with Gasteiger partial charge in [0, 0.05) is 11.3 Å². The van der Waals surface area contributed by atoms with Crippen molar-refractivity contribution in [1.29, 1.82) is 0 Å². The van der Waals surface area contributed by atoms with Crippen LogP contribution < -0.4 is 0 Å². The summed E-state index contributed by atoms with van der Waals surface area (Å²) in [6.07, 6.45) is 3.32. The lowest BCUT2D eigenvalue weighted by Gasteiger charge is -1.95. The molecule has 3 heteroatoms. The Morgan fingerprint density at radius 3 is 2.92 bits per heavy atom. The highest BCUT2D eigenvalue weighted by Gasteiger charge is 2.30. The van der Waals surface area contributed by atoms with Crippen molar-refractivity contribution in [3.63, 3.8) is 0 Å². The highest BCUT2D eigenvalue weighted by Crippen LogP contribution is 2.24. The summed E-state index contributed by atoms with van der Waals surface area (Å²) in [5, 5.41) is 10.4. The van der Waals surface area contributed by atoms with Crippen molar-refractivity contribution in [2.24, 2.45) is 0 Å². The van der Waals surface area contributed by atoms with Crippen LogP contribution in [0, 0.1) is 16.5 Å². The Hall–Kier alpha value is -1.38. The Kier molecular flexibility index (Phi) is 1.57. The van der Waals surface area contributed by atoms with Crippen LogP contribution in [-0.2, 0) is 6.42 Å². The molecule has 0 heterocycles. The van der Waals surface area contributed by atoms with E-state index in [2.05, 4.69) is 6.42 Å². The minimum Gasteiger partial charge on any atom is -0.264 e. The highest BCUT2D eigenvalue weighted by atomic mass is 16.6. The van der Waals surface area contributed by atoms with E-state index < -0.39 is 6.04 Å². The van der Waals surface area contributed by atoms with E-state index in [4.69, 9.17) is 0 Å². The molecule has 1 aromatic rings. The second-order valence-corrected chi connectivity index (χ2v) is 2.81. The van der Waals surface area contributed by atoms with Crippen LogP contribution in [0.15, 0.2) is 24.3 Å². The van der Waals surface area contributed by atoms with Crippen LogP contribution in [0.5, 0.6) is 0 Å². The van der Waals surface area contributed by atoms with E-state index in [1.807, 2.05) is 24.3 Å². The van der Waals surface area contributed by atoms with E-state index in [0.29, 0.717) is 6.42 Å². The monoisotopic (exact) mass is 161 g/mol. The van der Waals surface area contributed by atoms with Crippen LogP contribution in [0.4, 0.5) is 0 Å². The van der Waals surface area contributed by atoms with Crippen LogP contribution in [0.25, 0.3) is 0 Å². The molecule has 0 fully saturated rings. The predicted octanol–water partition coefficient (Wildman–Crippen LogP) is 1.32. The maximum atomic E-state index is 10.4. The fraction of sp³-hybridized carbons (Fsp3) is 0.222. The molecule has 2 rings (SSSR count). The Bertz CT molecular complexity index is 297. The summed E-state index contributed by atoms with van der Waals surface area (Å²) in [6.45, 7) is 0. The number of hydrogen-bond acceptors (Lipinski definition) is 2. The molecule has 0 N–H and O–H groups in total. The molecule has 1 atom stereocenters. The normalized spacial score (nSPS) is 16.0. The van der Waals surface area contributed by atoms with Crippen LogP contribution >= 0.6 is 0 Å². The molecule has 60 valence electrons. The van der Waals surface area contributed by atoms with Crippen molar-refractivity contribution in [1.82, 2.24) is 0 Å². The summed E-state index contributed by atoms with van der Waals surface area (Å²) in [7, 11) is 0. The fourth-order valence-electron chi connectivity index (χ4n) is 1.41. The standard InChI is InChI=1S/C9H7NO2/c11-10(12)9-5-7-3-1-2-4-8(7)6-9/h1-4,9H,5H2. The molecule has 0 aliphatic heterocycles. The maximum Gasteiger partial charge on any atom is 0.229 e. The lowest BCUT2D eigenvalue weighted by molar-refractivity contribution is -0.510. The number of nitro groups is 1. The molecule has 0 amide bonds. The first-order valence-corrected chi connectivity index (χ1v) is 3.75. The van der Waals surface area contributed by atoms with Crippen molar-refractivity contribution < 1.29 is 4.92 Å². The average molecular weight is 161 g/mol. The third-order valence-corrected chi connectivity index (χ3v) is 2.01. The number of hydrogen-bond donors (Lipinski definition) is 0. The smallest absolute Gasteiger partial charge is 0.229 e. The molecule has 12 heavy (non-hydrogen) atoms. The summed E-state index contributed by atoms with van der Waals surface area (Å²) in [5.41, 5.74) is 1.92. The van der Waals surface area contributed by atoms with Gasteiger partial charge in [0.25, 0.3) is 0 Å². The van der Waals surface area contributed by atoms with Gasteiger partial charge in [0.2, 0.25) is 6.04 Å². The molecule has 0 spiro atoms. The molecular weight excluding hydrogens is 154 g/mol. The van der Waals surface area contributed by atoms with E-state index >= 15 is 0 Å². The lowest BCUT2D eigenvalue weighted by Crippen LogP contribution is -2.17. The molecule has 0 aromatic heterocycles. The Labute approximate surface area is 70.2 Å². The Morgan fingerprint density at radius 1 is 1.50 bits per heavy atom. The molecule has 1 aliphatic carbocycles. The van der Waals surface area contributed by atoms with Gasteiger partial charge in [-0.1, -0.05) is 24.3 Å². The second kappa shape index (κ2) is 2.59. The number of fused-ring (bicyclic) bond motifs is 1. The molecule has 1 aromatic carbocycles. The van der Waals surface area contributed by atoms with Gasteiger partial charge < -0.3 is 0 Å². The quantitative estimate of drug-likeness (QED) is 0.460. The van der Waals surface area contributed by atoms with Gasteiger partial charge in [-0.25, -0.2) is 0 Å². The van der Waals surface area contributed by atoms with Gasteiger partial charge in [-0.2, -0.15) is 0 Å². The van der Waals surface area contributed by atoms with E-state index in [0.717, 1.165) is 11.1 Å². The van der Waals surface area contributed by atoms with Gasteiger partial charge >= 0.3 is 0 Å². The van der Waals surface area contributed by atoms with Crippen molar-refractivity contribution >= 4 is 0 Å². The van der Waals surface area contributed by atoms with Crippen molar-refractivity contribution in [2.45, 2.75) is 12.5 Å². The predicted molar refractivity (Wildman–Crippen MR) is 43.3 cm³/mol. The summed E-state index contributed by atoms with van der Waals surface area (Å²) in [5.74, 6) is 0. The molecule has 0 saturated heterocycles. The van der Waals surface area contributed by atoms with E-state index in [9.17, 15) is 10.1 Å². The number of nitrogens with zero attached hydrogens (tertiary/aromatic N) is 1. The average Bonchev–Trinajstić information content (AvgIpc) is 2.46. The van der Waals surface area contributed by atoms with Crippen molar-refractivity contribution in [3.8, 4) is 0 Å². The van der Waals surface area contributed by atoms with Gasteiger partial charge in [-0.3, -0.25) is 10.1 Å². The maximum absolute atomic E-state index is 10.4. The molecular formula is C9H7NO2. The zero-order chi connectivity index (χ0) is 8.55. The summed E-state index contributed by atoms with van der Waals surface area (Å²) in [6, 6.07) is 6.89. The topological polar surface area (TPSA) is 43.1 Å². The first-order valence-electron chi connectivity index (χ1n) is 3.75. The molecule has 2 radical (unpaired) electrons. The van der Waals surface area contributed by atoms with Gasteiger partial charge in [0.15, 0.2) is 0 Å². The third-order valence-electron chi connectivity index (χ3n) is 2.01. The molecule has 3 nitrogen and oxygen atoms in total. The lowest BCUT2D eigenvalue weighted by atomic mass is 10.1. The zero-order valence-corrected chi connectivity index (χ0v) is 6.36. The summed E-state index contributed by atoms with van der Waals surface area (Å²) in [4.78, 5) is 10.1. The van der Waals surface area contributed by atoms with E-state index in [1.165, 1.54) is 0 Å². The number of rotatable bonds is 1. The van der Waals surface area contributed by atoms with E-state index in [1.54, 1.807) is 0 Å². The molecule has 1 aliphatic rings. The first kappa shape index (κ1) is 7.28. The first-order chi connectivity index (χ1) is 5.77. The highest BCUT2D eigenvalue weighted by molar-refractivity contribution is 5.39. The summed E-state index contributed by atoms with van der Waals surface area (Å²) < 4.78 is 0. The van der Waals surface area contributed by atoms with Crippen molar-refractivity contribution in [2.75, 3.05) is 0 Å².